The van der Waals surface area contributed by atoms with Crippen LogP contribution in [0.15, 0.2) is 45.8 Å². The van der Waals surface area contributed by atoms with Crippen LogP contribution < -0.4 is 5.73 Å². The van der Waals surface area contributed by atoms with Crippen LogP contribution in [0.1, 0.15) is 5.56 Å². The molecule has 0 aromatic heterocycles. The molecule has 18 heavy (non-hydrogen) atoms. The third kappa shape index (κ3) is 3.23. The van der Waals surface area contributed by atoms with Gasteiger partial charge in [-0.15, -0.1) is 11.8 Å². The maximum absolute atomic E-state index is 13.0. The van der Waals surface area contributed by atoms with Crippen molar-refractivity contribution in [3.63, 3.8) is 0 Å². The molecular formula is C13H10BrF2NS. The second-order valence-corrected chi connectivity index (χ2v) is 5.67. The van der Waals surface area contributed by atoms with E-state index in [4.69, 9.17) is 5.73 Å². The lowest BCUT2D eigenvalue weighted by Gasteiger charge is -2.06. The summed E-state index contributed by atoms with van der Waals surface area (Å²) in [6, 6.07) is 9.50. The number of nitrogens with two attached hydrogens (primary N) is 1. The van der Waals surface area contributed by atoms with Gasteiger partial charge in [-0.3, -0.25) is 0 Å². The monoisotopic (exact) mass is 329 g/mol. The minimum absolute atomic E-state index is 0.615. The Morgan fingerprint density at radius 2 is 1.83 bits per heavy atom. The number of rotatable bonds is 3. The Morgan fingerprint density at radius 1 is 1.06 bits per heavy atom. The summed E-state index contributed by atoms with van der Waals surface area (Å²) in [4.78, 5) is 0.677. The van der Waals surface area contributed by atoms with Crippen LogP contribution in [0.2, 0.25) is 0 Å². The highest BCUT2D eigenvalue weighted by Gasteiger charge is 2.05. The van der Waals surface area contributed by atoms with Crippen molar-refractivity contribution in [1.29, 1.82) is 0 Å². The van der Waals surface area contributed by atoms with Gasteiger partial charge in [0.05, 0.1) is 0 Å². The van der Waals surface area contributed by atoms with Crippen LogP contribution >= 0.6 is 27.7 Å². The zero-order valence-corrected chi connectivity index (χ0v) is 11.7. The van der Waals surface area contributed by atoms with E-state index in [1.54, 1.807) is 6.07 Å². The largest absolute Gasteiger partial charge is 0.398 e. The van der Waals surface area contributed by atoms with Gasteiger partial charge in [0, 0.05) is 20.8 Å². The molecule has 0 unspecified atom stereocenters. The normalized spacial score (nSPS) is 10.6. The summed E-state index contributed by atoms with van der Waals surface area (Å²) >= 11 is 4.75. The molecule has 2 rings (SSSR count). The molecule has 0 bridgehead atoms. The lowest BCUT2D eigenvalue weighted by atomic mass is 10.2. The van der Waals surface area contributed by atoms with E-state index in [0.29, 0.717) is 16.3 Å². The fraction of sp³-hybridized carbons (Fsp3) is 0.0769. The van der Waals surface area contributed by atoms with Gasteiger partial charge >= 0.3 is 0 Å². The van der Waals surface area contributed by atoms with Gasteiger partial charge in [-0.2, -0.15) is 0 Å². The predicted molar refractivity (Wildman–Crippen MR) is 74.5 cm³/mol. The maximum Gasteiger partial charge on any atom is 0.159 e. The molecule has 0 radical (unpaired) electrons. The van der Waals surface area contributed by atoms with E-state index in [0.717, 1.165) is 16.1 Å². The summed E-state index contributed by atoms with van der Waals surface area (Å²) in [6.45, 7) is 0. The zero-order chi connectivity index (χ0) is 13.1. The topological polar surface area (TPSA) is 26.0 Å². The molecule has 0 aliphatic heterocycles. The fourth-order valence-electron chi connectivity index (χ4n) is 1.42. The molecule has 0 saturated carbocycles. The molecule has 94 valence electrons. The number of nitrogen functional groups attached to an aromatic ring is 1. The summed E-state index contributed by atoms with van der Waals surface area (Å²) in [6.07, 6.45) is 0. The van der Waals surface area contributed by atoms with E-state index in [9.17, 15) is 8.78 Å². The molecule has 1 nitrogen and oxygen atoms in total. The SMILES string of the molecule is Nc1cc(Br)ccc1CSc1ccc(F)c(F)c1. The van der Waals surface area contributed by atoms with Gasteiger partial charge in [0.1, 0.15) is 0 Å². The average molecular weight is 330 g/mol. The summed E-state index contributed by atoms with van der Waals surface area (Å²) in [7, 11) is 0. The first kappa shape index (κ1) is 13.4. The van der Waals surface area contributed by atoms with E-state index < -0.39 is 11.6 Å². The van der Waals surface area contributed by atoms with Crippen molar-refractivity contribution in [2.75, 3.05) is 5.73 Å². The molecule has 0 fully saturated rings. The van der Waals surface area contributed by atoms with Crippen LogP contribution in [-0.4, -0.2) is 0 Å². The van der Waals surface area contributed by atoms with Gasteiger partial charge in [-0.25, -0.2) is 8.78 Å². The first-order chi connectivity index (χ1) is 8.56. The molecular weight excluding hydrogens is 320 g/mol. The number of halogens is 3. The Bertz CT molecular complexity index is 575. The number of hydrogen-bond acceptors (Lipinski definition) is 2. The highest BCUT2D eigenvalue weighted by Crippen LogP contribution is 2.28. The number of benzene rings is 2. The van der Waals surface area contributed by atoms with Gasteiger partial charge in [-0.05, 0) is 35.9 Å². The van der Waals surface area contributed by atoms with Gasteiger partial charge in [-0.1, -0.05) is 22.0 Å². The molecule has 2 aromatic carbocycles. The summed E-state index contributed by atoms with van der Waals surface area (Å²) < 4.78 is 26.7. The standard InChI is InChI=1S/C13H10BrF2NS/c14-9-2-1-8(13(17)5-9)7-18-10-3-4-11(15)12(16)6-10/h1-6H,7,17H2. The zero-order valence-electron chi connectivity index (χ0n) is 9.29. The molecule has 2 aromatic rings. The number of anilines is 1. The Balaban J connectivity index is 2.09. The molecule has 0 atom stereocenters. The Hall–Kier alpha value is -1.07. The molecule has 0 aliphatic rings. The number of thioether (sulfide) groups is 1. The Labute approximate surface area is 117 Å². The molecule has 0 heterocycles. The van der Waals surface area contributed by atoms with E-state index in [1.807, 2.05) is 18.2 Å². The van der Waals surface area contributed by atoms with E-state index in [1.165, 1.54) is 17.8 Å². The fourth-order valence-corrected chi connectivity index (χ4v) is 2.74. The maximum atomic E-state index is 13.0. The first-order valence-electron chi connectivity index (χ1n) is 5.18. The summed E-state index contributed by atoms with van der Waals surface area (Å²) in [5.41, 5.74) is 7.51. The van der Waals surface area contributed by atoms with Gasteiger partial charge in [0.25, 0.3) is 0 Å². The van der Waals surface area contributed by atoms with Crippen molar-refractivity contribution >= 4 is 33.4 Å². The van der Waals surface area contributed by atoms with Crippen LogP contribution in [0.5, 0.6) is 0 Å². The quantitative estimate of drug-likeness (QED) is 0.657. The highest BCUT2D eigenvalue weighted by molar-refractivity contribution is 9.10. The summed E-state index contributed by atoms with van der Waals surface area (Å²) in [5.74, 6) is -1.05. The molecule has 0 spiro atoms. The van der Waals surface area contributed by atoms with Crippen molar-refractivity contribution in [3.8, 4) is 0 Å². The third-order valence-electron chi connectivity index (χ3n) is 2.39. The minimum Gasteiger partial charge on any atom is -0.398 e. The average Bonchev–Trinajstić information content (AvgIpc) is 2.32. The Kier molecular flexibility index (Phi) is 4.24. The van der Waals surface area contributed by atoms with Crippen molar-refractivity contribution in [3.05, 3.63) is 58.1 Å². The first-order valence-corrected chi connectivity index (χ1v) is 6.96. The van der Waals surface area contributed by atoms with E-state index in [-0.39, 0.29) is 0 Å². The summed E-state index contributed by atoms with van der Waals surface area (Å²) in [5, 5.41) is 0. The molecule has 0 saturated heterocycles. The van der Waals surface area contributed by atoms with Crippen LogP contribution in [0.4, 0.5) is 14.5 Å². The smallest absolute Gasteiger partial charge is 0.159 e. The van der Waals surface area contributed by atoms with Crippen LogP contribution in [0.25, 0.3) is 0 Å². The number of hydrogen-bond donors (Lipinski definition) is 1. The lowest BCUT2D eigenvalue weighted by molar-refractivity contribution is 0.506. The predicted octanol–water partition coefficient (Wildman–Crippen LogP) is 4.60. The van der Waals surface area contributed by atoms with E-state index in [2.05, 4.69) is 15.9 Å². The lowest BCUT2D eigenvalue weighted by Crippen LogP contribution is -1.92. The van der Waals surface area contributed by atoms with E-state index >= 15 is 0 Å². The van der Waals surface area contributed by atoms with Gasteiger partial charge in [0.15, 0.2) is 11.6 Å². The van der Waals surface area contributed by atoms with Gasteiger partial charge < -0.3 is 5.73 Å². The molecule has 5 heteroatoms. The third-order valence-corrected chi connectivity index (χ3v) is 3.93. The molecule has 0 aliphatic carbocycles. The van der Waals surface area contributed by atoms with Crippen molar-refractivity contribution < 1.29 is 8.78 Å². The second-order valence-electron chi connectivity index (χ2n) is 3.71. The highest BCUT2D eigenvalue weighted by atomic mass is 79.9. The van der Waals surface area contributed by atoms with Crippen molar-refractivity contribution in [2.45, 2.75) is 10.6 Å². The van der Waals surface area contributed by atoms with Crippen LogP contribution in [0, 0.1) is 11.6 Å². The van der Waals surface area contributed by atoms with Crippen molar-refractivity contribution in [1.82, 2.24) is 0 Å². The minimum atomic E-state index is -0.831. The molecule has 2 N–H and O–H groups in total. The van der Waals surface area contributed by atoms with Crippen LogP contribution in [-0.2, 0) is 5.75 Å². The Morgan fingerprint density at radius 3 is 2.50 bits per heavy atom. The second kappa shape index (κ2) is 5.71. The molecule has 0 amide bonds. The van der Waals surface area contributed by atoms with Crippen molar-refractivity contribution in [2.24, 2.45) is 0 Å². The van der Waals surface area contributed by atoms with Crippen LogP contribution in [0.3, 0.4) is 0 Å². The van der Waals surface area contributed by atoms with Gasteiger partial charge in [0.2, 0.25) is 0 Å².